The standard InChI is InChI=1S/C21H26FNO3/c1-4-15-11-19(8-6-16(15)7-9-21(24)25-5-2)26-20-12-17(14(3)23)10-18(22)13-20/h6,8,10-14H,4-5,7,9,23H2,1-3H3. The molecule has 0 aliphatic carbocycles. The molecule has 5 heteroatoms. The van der Waals surface area contributed by atoms with E-state index in [-0.39, 0.29) is 17.8 Å². The average molecular weight is 359 g/mol. The number of rotatable bonds is 8. The Kier molecular flexibility index (Phi) is 7.16. The zero-order valence-electron chi connectivity index (χ0n) is 15.5. The van der Waals surface area contributed by atoms with E-state index in [1.807, 2.05) is 25.1 Å². The van der Waals surface area contributed by atoms with Crippen molar-refractivity contribution in [3.8, 4) is 11.5 Å². The number of aryl methyl sites for hydroxylation is 2. The van der Waals surface area contributed by atoms with E-state index in [1.165, 1.54) is 12.1 Å². The molecule has 0 radical (unpaired) electrons. The summed E-state index contributed by atoms with van der Waals surface area (Å²) in [5.41, 5.74) is 8.69. The maximum absolute atomic E-state index is 13.8. The van der Waals surface area contributed by atoms with Gasteiger partial charge in [-0.05, 0) is 67.6 Å². The van der Waals surface area contributed by atoms with E-state index in [9.17, 15) is 9.18 Å². The number of nitrogens with two attached hydrogens (primary N) is 1. The summed E-state index contributed by atoms with van der Waals surface area (Å²) in [5.74, 6) is 0.469. The van der Waals surface area contributed by atoms with Crippen molar-refractivity contribution in [2.75, 3.05) is 6.61 Å². The van der Waals surface area contributed by atoms with Crippen LogP contribution in [0.25, 0.3) is 0 Å². The molecule has 0 saturated carbocycles. The molecule has 2 rings (SSSR count). The van der Waals surface area contributed by atoms with Gasteiger partial charge < -0.3 is 15.2 Å². The Morgan fingerprint density at radius 3 is 2.54 bits per heavy atom. The minimum Gasteiger partial charge on any atom is -0.466 e. The Balaban J connectivity index is 2.15. The highest BCUT2D eigenvalue weighted by atomic mass is 19.1. The fourth-order valence-electron chi connectivity index (χ4n) is 2.75. The van der Waals surface area contributed by atoms with Gasteiger partial charge in [-0.1, -0.05) is 13.0 Å². The van der Waals surface area contributed by atoms with E-state index in [1.54, 1.807) is 19.9 Å². The number of carbonyl (C=O) groups is 1. The molecule has 1 atom stereocenters. The number of benzene rings is 2. The SMILES string of the molecule is CCOC(=O)CCc1ccc(Oc2cc(F)cc(C(C)N)c2)cc1CC. The van der Waals surface area contributed by atoms with Crippen LogP contribution in [0.5, 0.6) is 11.5 Å². The molecule has 2 aromatic rings. The summed E-state index contributed by atoms with van der Waals surface area (Å²) in [7, 11) is 0. The third-order valence-corrected chi connectivity index (χ3v) is 4.12. The van der Waals surface area contributed by atoms with Crippen molar-refractivity contribution in [1.82, 2.24) is 0 Å². The van der Waals surface area contributed by atoms with Crippen LogP contribution >= 0.6 is 0 Å². The number of hydrogen-bond acceptors (Lipinski definition) is 4. The Hall–Kier alpha value is -2.40. The van der Waals surface area contributed by atoms with Crippen LogP contribution in [0.4, 0.5) is 4.39 Å². The first-order valence-electron chi connectivity index (χ1n) is 8.94. The highest BCUT2D eigenvalue weighted by molar-refractivity contribution is 5.69. The second kappa shape index (κ2) is 9.34. The van der Waals surface area contributed by atoms with Crippen LogP contribution in [-0.2, 0) is 22.4 Å². The van der Waals surface area contributed by atoms with Crippen LogP contribution in [0.3, 0.4) is 0 Å². The van der Waals surface area contributed by atoms with Gasteiger partial charge in [0.05, 0.1) is 6.61 Å². The molecule has 1 unspecified atom stereocenters. The summed E-state index contributed by atoms with van der Waals surface area (Å²) in [6.45, 7) is 6.03. The minimum atomic E-state index is -0.378. The highest BCUT2D eigenvalue weighted by Crippen LogP contribution is 2.28. The summed E-state index contributed by atoms with van der Waals surface area (Å²) in [5, 5.41) is 0. The van der Waals surface area contributed by atoms with E-state index in [2.05, 4.69) is 0 Å². The largest absolute Gasteiger partial charge is 0.466 e. The van der Waals surface area contributed by atoms with E-state index >= 15 is 0 Å². The van der Waals surface area contributed by atoms with Gasteiger partial charge in [-0.2, -0.15) is 0 Å². The molecule has 0 aliphatic heterocycles. The number of carbonyl (C=O) groups excluding carboxylic acids is 1. The smallest absolute Gasteiger partial charge is 0.306 e. The Morgan fingerprint density at radius 2 is 1.88 bits per heavy atom. The summed E-state index contributed by atoms with van der Waals surface area (Å²) in [4.78, 5) is 11.6. The summed E-state index contributed by atoms with van der Waals surface area (Å²) >= 11 is 0. The second-order valence-corrected chi connectivity index (χ2v) is 6.20. The molecule has 0 aromatic heterocycles. The average Bonchev–Trinajstić information content (AvgIpc) is 2.60. The molecule has 0 aliphatic rings. The predicted molar refractivity (Wildman–Crippen MR) is 99.9 cm³/mol. The van der Waals surface area contributed by atoms with Crippen molar-refractivity contribution in [3.63, 3.8) is 0 Å². The van der Waals surface area contributed by atoms with Gasteiger partial charge >= 0.3 is 5.97 Å². The molecule has 2 aromatic carbocycles. The summed E-state index contributed by atoms with van der Waals surface area (Å²) in [6.07, 6.45) is 1.78. The number of esters is 1. The fourth-order valence-corrected chi connectivity index (χ4v) is 2.75. The van der Waals surface area contributed by atoms with Crippen LogP contribution in [0, 0.1) is 5.82 Å². The van der Waals surface area contributed by atoms with Crippen LogP contribution in [0.2, 0.25) is 0 Å². The zero-order valence-corrected chi connectivity index (χ0v) is 15.5. The Morgan fingerprint density at radius 1 is 1.12 bits per heavy atom. The van der Waals surface area contributed by atoms with Gasteiger partial charge in [0.15, 0.2) is 0 Å². The van der Waals surface area contributed by atoms with Crippen molar-refractivity contribution in [2.45, 2.75) is 46.1 Å². The predicted octanol–water partition coefficient (Wildman–Crippen LogP) is 4.70. The fraction of sp³-hybridized carbons (Fsp3) is 0.381. The third-order valence-electron chi connectivity index (χ3n) is 4.12. The lowest BCUT2D eigenvalue weighted by Gasteiger charge is -2.13. The molecule has 0 saturated heterocycles. The van der Waals surface area contributed by atoms with Crippen LogP contribution < -0.4 is 10.5 Å². The molecule has 0 bridgehead atoms. The second-order valence-electron chi connectivity index (χ2n) is 6.20. The Labute approximate surface area is 154 Å². The van der Waals surface area contributed by atoms with E-state index in [0.29, 0.717) is 36.5 Å². The van der Waals surface area contributed by atoms with Crippen LogP contribution in [0.15, 0.2) is 36.4 Å². The van der Waals surface area contributed by atoms with Gasteiger partial charge in [0.25, 0.3) is 0 Å². The van der Waals surface area contributed by atoms with Gasteiger partial charge in [0.2, 0.25) is 0 Å². The third kappa shape index (κ3) is 5.56. The molecule has 140 valence electrons. The van der Waals surface area contributed by atoms with Crippen molar-refractivity contribution in [3.05, 3.63) is 58.9 Å². The summed E-state index contributed by atoms with van der Waals surface area (Å²) in [6, 6.07) is 9.92. The lowest BCUT2D eigenvalue weighted by atomic mass is 10.0. The lowest BCUT2D eigenvalue weighted by Crippen LogP contribution is -2.06. The van der Waals surface area contributed by atoms with Gasteiger partial charge in [-0.3, -0.25) is 4.79 Å². The van der Waals surface area contributed by atoms with Crippen LogP contribution in [0.1, 0.15) is 49.9 Å². The van der Waals surface area contributed by atoms with Gasteiger partial charge in [-0.15, -0.1) is 0 Å². The first-order valence-corrected chi connectivity index (χ1v) is 8.94. The number of ether oxygens (including phenoxy) is 2. The molecule has 0 amide bonds. The van der Waals surface area contributed by atoms with Gasteiger partial charge in [0.1, 0.15) is 17.3 Å². The van der Waals surface area contributed by atoms with Gasteiger partial charge in [0, 0.05) is 18.5 Å². The molecular weight excluding hydrogens is 333 g/mol. The van der Waals surface area contributed by atoms with Crippen molar-refractivity contribution < 1.29 is 18.7 Å². The highest BCUT2D eigenvalue weighted by Gasteiger charge is 2.10. The van der Waals surface area contributed by atoms with Crippen LogP contribution in [-0.4, -0.2) is 12.6 Å². The van der Waals surface area contributed by atoms with Gasteiger partial charge in [-0.25, -0.2) is 4.39 Å². The number of halogens is 1. The summed E-state index contributed by atoms with van der Waals surface area (Å²) < 4.78 is 24.6. The molecule has 26 heavy (non-hydrogen) atoms. The van der Waals surface area contributed by atoms with E-state index < -0.39 is 0 Å². The number of hydrogen-bond donors (Lipinski definition) is 1. The molecule has 0 fully saturated rings. The normalized spacial score (nSPS) is 11.9. The van der Waals surface area contributed by atoms with Crippen molar-refractivity contribution in [2.24, 2.45) is 5.73 Å². The topological polar surface area (TPSA) is 61.5 Å². The molecule has 0 heterocycles. The monoisotopic (exact) mass is 359 g/mol. The Bertz CT molecular complexity index is 759. The molecular formula is C21H26FNO3. The first-order chi connectivity index (χ1) is 12.4. The van der Waals surface area contributed by atoms with Crippen molar-refractivity contribution >= 4 is 5.97 Å². The molecule has 4 nitrogen and oxygen atoms in total. The van der Waals surface area contributed by atoms with E-state index in [4.69, 9.17) is 15.2 Å². The maximum atomic E-state index is 13.8. The molecule has 2 N–H and O–H groups in total. The lowest BCUT2D eigenvalue weighted by molar-refractivity contribution is -0.143. The zero-order chi connectivity index (χ0) is 19.1. The first kappa shape index (κ1) is 19.9. The molecule has 0 spiro atoms. The maximum Gasteiger partial charge on any atom is 0.306 e. The minimum absolute atomic E-state index is 0.196. The van der Waals surface area contributed by atoms with Crippen molar-refractivity contribution in [1.29, 1.82) is 0 Å². The quantitative estimate of drug-likeness (QED) is 0.694. The van der Waals surface area contributed by atoms with E-state index in [0.717, 1.165) is 17.5 Å².